The Balaban J connectivity index is 1.22. The maximum atomic E-state index is 13.8. The van der Waals surface area contributed by atoms with Crippen molar-refractivity contribution in [3.05, 3.63) is 65.4 Å². The summed E-state index contributed by atoms with van der Waals surface area (Å²) in [5.41, 5.74) is 0.218. The third kappa shape index (κ3) is 8.82. The molecular weight excluding hydrogens is 613 g/mol. The van der Waals surface area contributed by atoms with Crippen LogP contribution in [-0.4, -0.2) is 75.3 Å². The number of fused-ring (bicyclic) bond motifs is 4. The number of urea groups is 1. The van der Waals surface area contributed by atoms with Gasteiger partial charge in [-0.3, -0.25) is 4.90 Å². The largest absolute Gasteiger partial charge is 0.416 e. The molecule has 0 aliphatic carbocycles. The van der Waals surface area contributed by atoms with E-state index < -0.39 is 27.8 Å². The second-order valence-corrected chi connectivity index (χ2v) is 11.9. The summed E-state index contributed by atoms with van der Waals surface area (Å²) < 4.78 is 74.3. The lowest BCUT2D eigenvalue weighted by atomic mass is 10.0. The maximum absolute atomic E-state index is 13.8. The van der Waals surface area contributed by atoms with E-state index in [-0.39, 0.29) is 41.7 Å². The lowest BCUT2D eigenvalue weighted by Gasteiger charge is -2.27. The van der Waals surface area contributed by atoms with Gasteiger partial charge in [-0.15, -0.1) is 0 Å². The fourth-order valence-electron chi connectivity index (χ4n) is 4.62. The topological polar surface area (TPSA) is 150 Å². The summed E-state index contributed by atoms with van der Waals surface area (Å²) in [6.45, 7) is 2.64. The van der Waals surface area contributed by atoms with E-state index in [0.717, 1.165) is 6.07 Å². The average molecular weight is 645 g/mol. The molecule has 4 bridgehead atoms. The molecule has 3 aromatic rings. The second-order valence-electron chi connectivity index (χ2n) is 10.2. The molecule has 1 fully saturated rings. The first-order valence-electron chi connectivity index (χ1n) is 14.1. The first kappa shape index (κ1) is 32.0. The van der Waals surface area contributed by atoms with Gasteiger partial charge in [-0.25, -0.2) is 22.9 Å². The van der Waals surface area contributed by atoms with Crippen LogP contribution in [0.25, 0.3) is 0 Å². The highest BCUT2D eigenvalue weighted by Gasteiger charge is 2.34. The Bertz CT molecular complexity index is 1700. The predicted octanol–water partition coefficient (Wildman–Crippen LogP) is 3.34. The van der Waals surface area contributed by atoms with Crippen LogP contribution in [0.4, 0.5) is 41.1 Å². The van der Waals surface area contributed by atoms with Crippen molar-refractivity contribution in [3.63, 3.8) is 0 Å². The van der Waals surface area contributed by atoms with Gasteiger partial charge < -0.3 is 26.0 Å². The smallest absolute Gasteiger partial charge is 0.379 e. The fraction of sp³-hybridized carbons (Fsp3) is 0.345. The monoisotopic (exact) mass is 644 g/mol. The van der Waals surface area contributed by atoms with Gasteiger partial charge in [0.2, 0.25) is 16.0 Å². The van der Waals surface area contributed by atoms with Gasteiger partial charge in [0.1, 0.15) is 5.82 Å². The van der Waals surface area contributed by atoms with Crippen LogP contribution in [-0.2, 0) is 27.5 Å². The van der Waals surface area contributed by atoms with Gasteiger partial charge in [-0.1, -0.05) is 24.0 Å². The quantitative estimate of drug-likeness (QED) is 0.270. The van der Waals surface area contributed by atoms with E-state index in [1.807, 2.05) is 4.90 Å². The van der Waals surface area contributed by atoms with E-state index in [4.69, 9.17) is 4.74 Å². The highest BCUT2D eigenvalue weighted by molar-refractivity contribution is 7.89. The molecule has 2 aromatic carbocycles. The van der Waals surface area contributed by atoms with Crippen LogP contribution in [0.15, 0.2) is 53.6 Å². The summed E-state index contributed by atoms with van der Waals surface area (Å²) in [6, 6.07) is 9.27. The molecule has 1 saturated heterocycles. The minimum Gasteiger partial charge on any atom is -0.379 e. The molecule has 0 unspecified atom stereocenters. The van der Waals surface area contributed by atoms with Crippen molar-refractivity contribution in [2.45, 2.75) is 24.0 Å². The molecule has 0 radical (unpaired) electrons. The second kappa shape index (κ2) is 14.1. The van der Waals surface area contributed by atoms with Crippen LogP contribution >= 0.6 is 0 Å². The third-order valence-electron chi connectivity index (χ3n) is 6.86. The number of hydrogen-bond donors (Lipinski definition) is 5. The zero-order valence-electron chi connectivity index (χ0n) is 24.0. The molecule has 16 heteroatoms. The zero-order chi connectivity index (χ0) is 31.9. The van der Waals surface area contributed by atoms with Crippen molar-refractivity contribution in [2.75, 3.05) is 61.9 Å². The van der Waals surface area contributed by atoms with Crippen LogP contribution in [0.3, 0.4) is 0 Å². The first-order chi connectivity index (χ1) is 21.6. The number of anilines is 4. The Morgan fingerprint density at radius 1 is 1.11 bits per heavy atom. The lowest BCUT2D eigenvalue weighted by molar-refractivity contribution is -0.138. The molecule has 45 heavy (non-hydrogen) atoms. The fourth-order valence-corrected chi connectivity index (χ4v) is 5.74. The molecular formula is C29H31F3N8O4S. The molecule has 0 atom stereocenters. The molecule has 0 spiro atoms. The van der Waals surface area contributed by atoms with Gasteiger partial charge >= 0.3 is 12.2 Å². The number of morpholine rings is 1. The Morgan fingerprint density at radius 3 is 2.73 bits per heavy atom. The number of halogens is 3. The number of amides is 2. The first-order valence-corrected chi connectivity index (χ1v) is 15.6. The average Bonchev–Trinajstić information content (AvgIpc) is 3.01. The van der Waals surface area contributed by atoms with Crippen LogP contribution in [0.1, 0.15) is 23.1 Å². The number of nitrogens with one attached hydrogen (secondary N) is 5. The number of carbonyl (C=O) groups excluding carboxylic acids is 1. The van der Waals surface area contributed by atoms with Gasteiger partial charge in [0.05, 0.1) is 42.0 Å². The van der Waals surface area contributed by atoms with Crippen molar-refractivity contribution >= 4 is 39.2 Å². The normalized spacial score (nSPS) is 16.7. The van der Waals surface area contributed by atoms with E-state index in [1.165, 1.54) is 30.5 Å². The molecule has 2 aliphatic heterocycles. The van der Waals surface area contributed by atoms with Gasteiger partial charge in [0, 0.05) is 44.1 Å². The third-order valence-corrected chi connectivity index (χ3v) is 8.32. The molecule has 2 amide bonds. The van der Waals surface area contributed by atoms with E-state index in [1.54, 1.807) is 12.1 Å². The summed E-state index contributed by atoms with van der Waals surface area (Å²) in [5, 5.41) is 11.1. The van der Waals surface area contributed by atoms with Crippen LogP contribution in [0.5, 0.6) is 0 Å². The number of nitrogens with zero attached hydrogens (tertiary/aromatic N) is 3. The summed E-state index contributed by atoms with van der Waals surface area (Å²) in [6.07, 6.45) is -2.64. The maximum Gasteiger partial charge on any atom is 0.416 e. The number of aromatic nitrogens is 2. The van der Waals surface area contributed by atoms with E-state index >= 15 is 0 Å². The van der Waals surface area contributed by atoms with E-state index in [9.17, 15) is 26.4 Å². The molecule has 0 saturated carbocycles. The lowest BCUT2D eigenvalue weighted by Crippen LogP contribution is -2.36. The molecule has 2 aliphatic rings. The molecule has 5 rings (SSSR count). The van der Waals surface area contributed by atoms with Crippen molar-refractivity contribution in [2.24, 2.45) is 0 Å². The minimum absolute atomic E-state index is 0.00160. The van der Waals surface area contributed by atoms with Crippen LogP contribution in [0.2, 0.25) is 0 Å². The summed E-state index contributed by atoms with van der Waals surface area (Å²) in [7, 11) is -3.68. The van der Waals surface area contributed by atoms with E-state index in [0.29, 0.717) is 56.3 Å². The SMILES string of the molecule is O=C(NCC#Cc1cnc2nc1NCCCNS(=O)(=O)c1cccc(c1)N2)Nc1ccc(CN2CCOCC2)c(C(F)(F)F)c1. The number of sulfonamides is 1. The Hall–Kier alpha value is -4.43. The van der Waals surface area contributed by atoms with Gasteiger partial charge in [0.15, 0.2) is 0 Å². The highest BCUT2D eigenvalue weighted by Crippen LogP contribution is 2.34. The van der Waals surface area contributed by atoms with Crippen LogP contribution < -0.4 is 26.0 Å². The van der Waals surface area contributed by atoms with Gasteiger partial charge in [-0.05, 0) is 42.3 Å². The number of hydrogen-bond acceptors (Lipinski definition) is 9. The minimum atomic E-state index is -4.59. The Kier molecular flexibility index (Phi) is 10.0. The number of carbonyl (C=O) groups is 1. The summed E-state index contributed by atoms with van der Waals surface area (Å²) in [4.78, 5) is 23.2. The van der Waals surface area contributed by atoms with Gasteiger partial charge in [-0.2, -0.15) is 18.2 Å². The molecule has 3 heterocycles. The van der Waals surface area contributed by atoms with Crippen molar-refractivity contribution < 1.29 is 31.1 Å². The highest BCUT2D eigenvalue weighted by atomic mass is 32.2. The van der Waals surface area contributed by atoms with E-state index in [2.05, 4.69) is 47.8 Å². The molecule has 5 N–H and O–H groups in total. The number of alkyl halides is 3. The Morgan fingerprint density at radius 2 is 1.93 bits per heavy atom. The molecule has 238 valence electrons. The number of ether oxygens (including phenoxy) is 1. The number of rotatable bonds is 4. The summed E-state index contributed by atoms with van der Waals surface area (Å²) in [5.74, 6) is 6.29. The zero-order valence-corrected chi connectivity index (χ0v) is 24.8. The summed E-state index contributed by atoms with van der Waals surface area (Å²) >= 11 is 0. The predicted molar refractivity (Wildman–Crippen MR) is 161 cm³/mol. The number of benzene rings is 2. The van der Waals surface area contributed by atoms with Crippen molar-refractivity contribution in [3.8, 4) is 11.8 Å². The van der Waals surface area contributed by atoms with Gasteiger partial charge in [0.25, 0.3) is 0 Å². The van der Waals surface area contributed by atoms with Crippen molar-refractivity contribution in [1.82, 2.24) is 24.9 Å². The molecule has 12 nitrogen and oxygen atoms in total. The van der Waals surface area contributed by atoms with Crippen molar-refractivity contribution in [1.29, 1.82) is 0 Å². The standard InChI is InChI=1S/C29H31F3N8O4S/c30-29(31,32)25-17-23(8-7-21(25)19-40-12-14-44-15-13-40)38-28(41)34-9-2-4-20-18-35-27-37-22-5-1-6-24(16-22)45(42,43)36-11-3-10-33-26(20)39-27/h1,5-8,16-18,36H,3,9-15,19H2,(H2,34,38,41)(H2,33,35,37,39). The Labute approximate surface area is 258 Å². The molecule has 1 aromatic heterocycles. The van der Waals surface area contributed by atoms with Crippen LogP contribution in [0, 0.1) is 11.8 Å².